The first-order chi connectivity index (χ1) is 23.8. The number of benzene rings is 4. The second-order valence-corrected chi connectivity index (χ2v) is 13.5. The van der Waals surface area contributed by atoms with Crippen molar-refractivity contribution in [1.29, 1.82) is 0 Å². The lowest BCUT2D eigenvalue weighted by molar-refractivity contribution is -0.148. The molecule has 0 saturated carbocycles. The van der Waals surface area contributed by atoms with Crippen molar-refractivity contribution in [2.45, 2.75) is 43.3 Å². The zero-order valence-electron chi connectivity index (χ0n) is 26.4. The van der Waals surface area contributed by atoms with Crippen LogP contribution >= 0.6 is 11.3 Å². The Kier molecular flexibility index (Phi) is 9.05. The van der Waals surface area contributed by atoms with Gasteiger partial charge in [0.25, 0.3) is 5.91 Å². The van der Waals surface area contributed by atoms with Crippen LogP contribution in [0.25, 0.3) is 10.1 Å². The molecule has 3 amide bonds. The van der Waals surface area contributed by atoms with Gasteiger partial charge in [0.2, 0.25) is 11.8 Å². The minimum absolute atomic E-state index is 0.141. The Labute approximate surface area is 286 Å². The van der Waals surface area contributed by atoms with Gasteiger partial charge in [-0.15, -0.1) is 11.3 Å². The molecule has 7 rings (SSSR count). The fourth-order valence-corrected chi connectivity index (χ4v) is 8.08. The number of carbonyl (C=O) groups excluding carboxylic acids is 4. The molecule has 2 aliphatic heterocycles. The number of hydrogen-bond donors (Lipinski definition) is 1. The molecule has 3 heterocycles. The van der Waals surface area contributed by atoms with Crippen LogP contribution in [-0.2, 0) is 20.8 Å². The van der Waals surface area contributed by atoms with Gasteiger partial charge in [0.1, 0.15) is 17.7 Å². The summed E-state index contributed by atoms with van der Waals surface area (Å²) >= 11 is 1.48. The Morgan fingerprint density at radius 1 is 0.837 bits per heavy atom. The van der Waals surface area contributed by atoms with Crippen molar-refractivity contribution in [3.8, 4) is 0 Å². The van der Waals surface area contributed by atoms with Gasteiger partial charge in [-0.05, 0) is 47.7 Å². The lowest BCUT2D eigenvalue weighted by Crippen LogP contribution is -2.65. The van der Waals surface area contributed by atoms with E-state index in [1.165, 1.54) is 16.2 Å². The molecule has 2 saturated heterocycles. The summed E-state index contributed by atoms with van der Waals surface area (Å²) in [6.45, 7) is 0.0388. The van der Waals surface area contributed by atoms with Crippen LogP contribution < -0.4 is 5.32 Å². The number of amides is 3. The van der Waals surface area contributed by atoms with Gasteiger partial charge in [0.15, 0.2) is 5.78 Å². The van der Waals surface area contributed by atoms with Crippen LogP contribution in [0.4, 0.5) is 8.78 Å². The predicted molar refractivity (Wildman–Crippen MR) is 183 cm³/mol. The van der Waals surface area contributed by atoms with Crippen molar-refractivity contribution in [3.05, 3.63) is 142 Å². The van der Waals surface area contributed by atoms with Crippen molar-refractivity contribution in [3.63, 3.8) is 0 Å². The molecule has 0 aliphatic carbocycles. The monoisotopic (exact) mass is 677 g/mol. The second-order valence-electron chi connectivity index (χ2n) is 12.6. The van der Waals surface area contributed by atoms with Crippen molar-refractivity contribution >= 4 is 44.9 Å². The Morgan fingerprint density at radius 2 is 1.47 bits per heavy atom. The van der Waals surface area contributed by atoms with Crippen molar-refractivity contribution < 1.29 is 28.0 Å². The predicted octanol–water partition coefficient (Wildman–Crippen LogP) is 6.12. The van der Waals surface area contributed by atoms with E-state index < -0.39 is 41.5 Å². The molecule has 0 spiro atoms. The third kappa shape index (κ3) is 6.61. The van der Waals surface area contributed by atoms with Gasteiger partial charge in [-0.3, -0.25) is 19.2 Å². The number of ketones is 1. The number of piperidine rings is 2. The van der Waals surface area contributed by atoms with Gasteiger partial charge in [-0.2, -0.15) is 0 Å². The van der Waals surface area contributed by atoms with Gasteiger partial charge in [0.05, 0.1) is 24.1 Å². The Balaban J connectivity index is 1.15. The molecule has 1 aromatic heterocycles. The lowest BCUT2D eigenvalue weighted by atomic mass is 9.86. The fourth-order valence-electron chi connectivity index (χ4n) is 7.14. The van der Waals surface area contributed by atoms with Gasteiger partial charge < -0.3 is 15.1 Å². The number of rotatable bonds is 8. The van der Waals surface area contributed by atoms with Gasteiger partial charge in [0, 0.05) is 40.5 Å². The average molecular weight is 678 g/mol. The minimum atomic E-state index is -1.22. The highest BCUT2D eigenvalue weighted by Crippen LogP contribution is 2.33. The highest BCUT2D eigenvalue weighted by molar-refractivity contribution is 7.17. The molecule has 5 aromatic rings. The van der Waals surface area contributed by atoms with Crippen LogP contribution in [0, 0.1) is 11.6 Å². The summed E-state index contributed by atoms with van der Waals surface area (Å²) in [5, 5.41) is 5.57. The van der Waals surface area contributed by atoms with Crippen LogP contribution in [-0.4, -0.2) is 64.5 Å². The quantitative estimate of drug-likeness (QED) is 0.214. The number of halogens is 2. The number of nitrogens with zero attached hydrogens (tertiary/aromatic N) is 2. The number of likely N-dealkylation sites (tertiary alicyclic amines) is 2. The van der Waals surface area contributed by atoms with E-state index in [-0.39, 0.29) is 49.2 Å². The molecule has 2 fully saturated rings. The van der Waals surface area contributed by atoms with Crippen LogP contribution in [0.5, 0.6) is 0 Å². The van der Waals surface area contributed by atoms with E-state index in [2.05, 4.69) is 5.32 Å². The second kappa shape index (κ2) is 13.7. The third-order valence-electron chi connectivity index (χ3n) is 9.47. The number of carbonyl (C=O) groups is 4. The van der Waals surface area contributed by atoms with Crippen LogP contribution in [0.2, 0.25) is 0 Å². The summed E-state index contributed by atoms with van der Waals surface area (Å²) in [6.07, 6.45) is 0.520. The molecule has 1 unspecified atom stereocenters. The molecule has 4 aromatic carbocycles. The number of nitrogens with one attached hydrogen (secondary N) is 1. The van der Waals surface area contributed by atoms with E-state index >= 15 is 0 Å². The first-order valence-corrected chi connectivity index (χ1v) is 17.1. The van der Waals surface area contributed by atoms with Crippen molar-refractivity contribution in [2.75, 3.05) is 13.1 Å². The summed E-state index contributed by atoms with van der Waals surface area (Å²) in [4.78, 5) is 59.0. The molecule has 3 atom stereocenters. The smallest absolute Gasteiger partial charge is 0.255 e. The van der Waals surface area contributed by atoms with Gasteiger partial charge in [-0.25, -0.2) is 8.78 Å². The molecule has 10 heteroatoms. The van der Waals surface area contributed by atoms with E-state index in [4.69, 9.17) is 0 Å². The van der Waals surface area contributed by atoms with Crippen LogP contribution in [0.3, 0.4) is 0 Å². The Hall–Kier alpha value is -5.22. The van der Waals surface area contributed by atoms with Gasteiger partial charge in [-0.1, -0.05) is 78.9 Å². The molecular formula is C39H33F2N3O4S. The molecule has 248 valence electrons. The van der Waals surface area contributed by atoms with E-state index in [1.54, 1.807) is 4.90 Å². The molecule has 1 N–H and O–H groups in total. The highest BCUT2D eigenvalue weighted by Gasteiger charge is 2.46. The standard InChI is InChI=1S/C39H33F2N3O4S/c40-27-17-24(18-28(41)20-27)19-32(42-37(46)36(25-9-3-1-4-10-25)26-11-5-2-6-12-26)39(48)43-16-15-29-21-33(43)34(45)22-44(29)38(47)31-23-49-35-14-8-7-13-30(31)35/h1-14,17-18,20,23,29,32-33,36H,15-16,19,21-22H2,(H,42,46)/t29-,32+,33?/m1/s1. The fraction of sp³-hybridized carbons (Fsp3) is 0.231. The average Bonchev–Trinajstić information content (AvgIpc) is 3.54. The van der Waals surface area contributed by atoms with Crippen LogP contribution in [0.1, 0.15) is 45.8 Å². The van der Waals surface area contributed by atoms with E-state index in [1.807, 2.05) is 90.3 Å². The Bertz CT molecular complexity index is 1980. The summed E-state index contributed by atoms with van der Waals surface area (Å²) < 4.78 is 29.5. The normalized spacial score (nSPS) is 18.1. The molecule has 0 radical (unpaired) electrons. The summed E-state index contributed by atoms with van der Waals surface area (Å²) in [5.74, 6) is -3.83. The molecular weight excluding hydrogens is 645 g/mol. The maximum absolute atomic E-state index is 14.4. The van der Waals surface area contributed by atoms with E-state index in [0.29, 0.717) is 23.1 Å². The SMILES string of the molecule is O=C(N[C@@H](Cc1cc(F)cc(F)c1)C(=O)N1CC[C@@H]2CC1C(=O)CN2C(=O)c1csc2ccccc12)C(c1ccccc1)c1ccccc1. The van der Waals surface area contributed by atoms with Crippen molar-refractivity contribution in [2.24, 2.45) is 0 Å². The zero-order valence-corrected chi connectivity index (χ0v) is 27.2. The molecule has 2 aliphatic rings. The van der Waals surface area contributed by atoms with Crippen molar-refractivity contribution in [1.82, 2.24) is 15.1 Å². The summed E-state index contributed by atoms with van der Waals surface area (Å²) in [6, 6.07) is 26.7. The summed E-state index contributed by atoms with van der Waals surface area (Å²) in [5.41, 5.74) is 2.17. The maximum atomic E-state index is 14.4. The highest BCUT2D eigenvalue weighted by atomic mass is 32.1. The third-order valence-corrected chi connectivity index (χ3v) is 10.4. The first kappa shape index (κ1) is 32.3. The number of hydrogen-bond acceptors (Lipinski definition) is 5. The van der Waals surface area contributed by atoms with Gasteiger partial charge >= 0.3 is 0 Å². The molecule has 2 bridgehead atoms. The number of thiophene rings is 1. The minimum Gasteiger partial charge on any atom is -0.343 e. The number of Topliss-reactive ketones (excluding diaryl/α,β-unsaturated/α-hetero) is 1. The Morgan fingerprint density at radius 3 is 2.14 bits per heavy atom. The zero-order chi connectivity index (χ0) is 34.1. The maximum Gasteiger partial charge on any atom is 0.255 e. The summed E-state index contributed by atoms with van der Waals surface area (Å²) in [7, 11) is 0. The first-order valence-electron chi connectivity index (χ1n) is 16.2. The van der Waals surface area contributed by atoms with E-state index in [0.717, 1.165) is 28.3 Å². The molecule has 49 heavy (non-hydrogen) atoms. The van der Waals surface area contributed by atoms with E-state index in [9.17, 15) is 28.0 Å². The molecule has 7 nitrogen and oxygen atoms in total. The topological polar surface area (TPSA) is 86.8 Å². The van der Waals surface area contributed by atoms with Crippen LogP contribution in [0.15, 0.2) is 109 Å². The largest absolute Gasteiger partial charge is 0.343 e. The number of fused-ring (bicyclic) bond motifs is 3. The lowest BCUT2D eigenvalue weighted by Gasteiger charge is -2.48.